The summed E-state index contributed by atoms with van der Waals surface area (Å²) in [4.78, 5) is 24.8. The second kappa shape index (κ2) is 9.52. The van der Waals surface area contributed by atoms with E-state index >= 15 is 0 Å². The van der Waals surface area contributed by atoms with Crippen LogP contribution in [-0.2, 0) is 22.5 Å². The molecule has 0 aliphatic rings. The molecule has 0 saturated carbocycles. The van der Waals surface area contributed by atoms with Crippen LogP contribution in [0.1, 0.15) is 55.2 Å². The first-order chi connectivity index (χ1) is 14.4. The Bertz CT molecular complexity index is 1020. The number of nitrogens with one attached hydrogen (secondary N) is 1. The number of carbonyl (C=O) groups excluding carboxylic acids is 2. The lowest BCUT2D eigenvalue weighted by atomic mass is 9.95. The summed E-state index contributed by atoms with van der Waals surface area (Å²) in [5.41, 5.74) is 4.09. The second-order valence-electron chi connectivity index (χ2n) is 7.57. The third kappa shape index (κ3) is 4.84. The SMILES string of the molecule is CCc1ccc([C@@H](NC(=O)COC(=O)c2ccc3c(c2)nnn3CC)C(C)C)cc1. The van der Waals surface area contributed by atoms with Crippen molar-refractivity contribution in [3.63, 3.8) is 0 Å². The summed E-state index contributed by atoms with van der Waals surface area (Å²) in [6.07, 6.45) is 0.968. The fourth-order valence-electron chi connectivity index (χ4n) is 3.36. The van der Waals surface area contributed by atoms with Crippen LogP contribution in [0.25, 0.3) is 11.0 Å². The van der Waals surface area contributed by atoms with Gasteiger partial charge in [0, 0.05) is 6.54 Å². The number of aromatic nitrogens is 3. The average molecular weight is 409 g/mol. The Morgan fingerprint density at radius 2 is 1.83 bits per heavy atom. The predicted molar refractivity (Wildman–Crippen MR) is 115 cm³/mol. The number of hydrogen-bond donors (Lipinski definition) is 1. The Kier molecular flexibility index (Phi) is 6.82. The number of esters is 1. The van der Waals surface area contributed by atoms with E-state index in [0.717, 1.165) is 17.5 Å². The van der Waals surface area contributed by atoms with Crippen LogP contribution in [0, 0.1) is 5.92 Å². The van der Waals surface area contributed by atoms with Crippen molar-refractivity contribution in [2.75, 3.05) is 6.61 Å². The number of amides is 1. The molecule has 0 fully saturated rings. The van der Waals surface area contributed by atoms with E-state index in [4.69, 9.17) is 4.74 Å². The Hall–Kier alpha value is -3.22. The molecule has 1 aromatic heterocycles. The van der Waals surface area contributed by atoms with E-state index in [1.54, 1.807) is 22.9 Å². The summed E-state index contributed by atoms with van der Waals surface area (Å²) < 4.78 is 6.97. The van der Waals surface area contributed by atoms with Gasteiger partial charge in [0.1, 0.15) is 5.52 Å². The Labute approximate surface area is 176 Å². The number of benzene rings is 2. The molecule has 7 heteroatoms. The monoisotopic (exact) mass is 408 g/mol. The number of hydrogen-bond acceptors (Lipinski definition) is 5. The van der Waals surface area contributed by atoms with Crippen LogP contribution in [0.2, 0.25) is 0 Å². The molecule has 1 atom stereocenters. The van der Waals surface area contributed by atoms with Crippen molar-refractivity contribution in [1.82, 2.24) is 20.3 Å². The minimum Gasteiger partial charge on any atom is -0.452 e. The second-order valence-corrected chi connectivity index (χ2v) is 7.57. The lowest BCUT2D eigenvalue weighted by molar-refractivity contribution is -0.125. The van der Waals surface area contributed by atoms with Crippen LogP contribution in [0.5, 0.6) is 0 Å². The highest BCUT2D eigenvalue weighted by molar-refractivity contribution is 5.94. The van der Waals surface area contributed by atoms with Crippen LogP contribution >= 0.6 is 0 Å². The quantitative estimate of drug-likeness (QED) is 0.575. The zero-order chi connectivity index (χ0) is 21.7. The molecule has 0 bridgehead atoms. The van der Waals surface area contributed by atoms with Crippen molar-refractivity contribution in [2.24, 2.45) is 5.92 Å². The molecule has 3 rings (SSSR count). The summed E-state index contributed by atoms with van der Waals surface area (Å²) in [7, 11) is 0. The maximum Gasteiger partial charge on any atom is 0.338 e. The number of nitrogens with zero attached hydrogens (tertiary/aromatic N) is 3. The number of ether oxygens (including phenoxy) is 1. The van der Waals surface area contributed by atoms with E-state index in [1.807, 2.05) is 32.9 Å². The largest absolute Gasteiger partial charge is 0.452 e. The van der Waals surface area contributed by atoms with Gasteiger partial charge in [0.25, 0.3) is 5.91 Å². The van der Waals surface area contributed by atoms with Crippen molar-refractivity contribution in [3.8, 4) is 0 Å². The van der Waals surface area contributed by atoms with E-state index in [0.29, 0.717) is 17.6 Å². The van der Waals surface area contributed by atoms with Crippen molar-refractivity contribution < 1.29 is 14.3 Å². The molecule has 158 valence electrons. The van der Waals surface area contributed by atoms with Gasteiger partial charge in [0.05, 0.1) is 17.1 Å². The van der Waals surface area contributed by atoms with Crippen LogP contribution in [-0.4, -0.2) is 33.5 Å². The first-order valence-electron chi connectivity index (χ1n) is 10.3. The van der Waals surface area contributed by atoms with Gasteiger partial charge in [0.2, 0.25) is 0 Å². The van der Waals surface area contributed by atoms with E-state index in [9.17, 15) is 9.59 Å². The number of carbonyl (C=O) groups is 2. The lowest BCUT2D eigenvalue weighted by Gasteiger charge is -2.23. The van der Waals surface area contributed by atoms with Crippen molar-refractivity contribution in [1.29, 1.82) is 0 Å². The van der Waals surface area contributed by atoms with Gasteiger partial charge < -0.3 is 10.1 Å². The molecule has 0 aliphatic heterocycles. The molecule has 0 unspecified atom stereocenters. The highest BCUT2D eigenvalue weighted by Gasteiger charge is 2.20. The van der Waals surface area contributed by atoms with Crippen LogP contribution in [0.15, 0.2) is 42.5 Å². The normalized spacial score (nSPS) is 12.2. The van der Waals surface area contributed by atoms with Gasteiger partial charge in [0.15, 0.2) is 6.61 Å². The molecule has 7 nitrogen and oxygen atoms in total. The van der Waals surface area contributed by atoms with Gasteiger partial charge in [-0.3, -0.25) is 4.79 Å². The van der Waals surface area contributed by atoms with Gasteiger partial charge in [-0.25, -0.2) is 9.48 Å². The summed E-state index contributed by atoms with van der Waals surface area (Å²) in [6.45, 7) is 8.52. The molecule has 1 heterocycles. The van der Waals surface area contributed by atoms with Crippen molar-refractivity contribution in [2.45, 2.75) is 46.7 Å². The first-order valence-corrected chi connectivity index (χ1v) is 10.3. The fourth-order valence-corrected chi connectivity index (χ4v) is 3.36. The maximum absolute atomic E-state index is 12.4. The minimum absolute atomic E-state index is 0.150. The van der Waals surface area contributed by atoms with Gasteiger partial charge in [-0.05, 0) is 48.6 Å². The highest BCUT2D eigenvalue weighted by Crippen LogP contribution is 2.22. The van der Waals surface area contributed by atoms with E-state index in [2.05, 4.69) is 34.7 Å². The molecular formula is C23H28N4O3. The Morgan fingerprint density at radius 3 is 2.47 bits per heavy atom. The maximum atomic E-state index is 12.4. The first kappa shape index (κ1) is 21.5. The highest BCUT2D eigenvalue weighted by atomic mass is 16.5. The smallest absolute Gasteiger partial charge is 0.338 e. The summed E-state index contributed by atoms with van der Waals surface area (Å²) in [5.74, 6) is -0.702. The van der Waals surface area contributed by atoms with E-state index in [-0.39, 0.29) is 24.5 Å². The topological polar surface area (TPSA) is 86.1 Å². The molecule has 3 aromatic rings. The van der Waals surface area contributed by atoms with Crippen LogP contribution in [0.4, 0.5) is 0 Å². The van der Waals surface area contributed by atoms with Gasteiger partial charge in [-0.15, -0.1) is 5.10 Å². The summed E-state index contributed by atoms with van der Waals surface area (Å²) >= 11 is 0. The van der Waals surface area contributed by atoms with E-state index < -0.39 is 5.97 Å². The molecule has 30 heavy (non-hydrogen) atoms. The molecule has 0 radical (unpaired) electrons. The van der Waals surface area contributed by atoms with Crippen molar-refractivity contribution in [3.05, 3.63) is 59.2 Å². The molecule has 0 saturated heterocycles. The zero-order valence-electron chi connectivity index (χ0n) is 17.9. The zero-order valence-corrected chi connectivity index (χ0v) is 17.9. The van der Waals surface area contributed by atoms with Crippen LogP contribution < -0.4 is 5.32 Å². The summed E-state index contributed by atoms with van der Waals surface area (Å²) in [5, 5.41) is 11.1. The molecule has 1 amide bonds. The van der Waals surface area contributed by atoms with Gasteiger partial charge in [-0.2, -0.15) is 0 Å². The predicted octanol–water partition coefficient (Wildman–Crippen LogP) is 3.68. The Balaban J connectivity index is 1.61. The molecule has 0 spiro atoms. The number of fused-ring (bicyclic) bond motifs is 1. The third-order valence-corrected chi connectivity index (χ3v) is 5.11. The molecular weight excluding hydrogens is 380 g/mol. The average Bonchev–Trinajstić information content (AvgIpc) is 3.18. The lowest BCUT2D eigenvalue weighted by Crippen LogP contribution is -2.35. The van der Waals surface area contributed by atoms with Gasteiger partial charge >= 0.3 is 5.97 Å². The number of aryl methyl sites for hydroxylation is 2. The molecule has 0 aliphatic carbocycles. The minimum atomic E-state index is -0.563. The fraction of sp³-hybridized carbons (Fsp3) is 0.391. The molecule has 2 aromatic carbocycles. The van der Waals surface area contributed by atoms with Crippen molar-refractivity contribution >= 4 is 22.9 Å². The summed E-state index contributed by atoms with van der Waals surface area (Å²) in [6, 6.07) is 13.1. The standard InChI is InChI=1S/C23H28N4O3/c1-5-16-7-9-17(10-8-16)22(15(3)4)24-21(28)14-30-23(29)18-11-12-20-19(13-18)25-26-27(20)6-2/h7-13,15,22H,5-6,14H2,1-4H3,(H,24,28)/t22-/m0/s1. The number of rotatable bonds is 8. The molecule has 1 N–H and O–H groups in total. The van der Waals surface area contributed by atoms with Gasteiger partial charge in [-0.1, -0.05) is 50.3 Å². The van der Waals surface area contributed by atoms with E-state index in [1.165, 1.54) is 5.56 Å². The van der Waals surface area contributed by atoms with Crippen LogP contribution in [0.3, 0.4) is 0 Å². The third-order valence-electron chi connectivity index (χ3n) is 5.11. The Morgan fingerprint density at radius 1 is 1.10 bits per heavy atom.